The van der Waals surface area contributed by atoms with Gasteiger partial charge in [-0.05, 0) is 37.0 Å². The molecule has 21 heavy (non-hydrogen) atoms. The summed E-state index contributed by atoms with van der Waals surface area (Å²) in [6.07, 6.45) is 4.12. The van der Waals surface area contributed by atoms with E-state index in [-0.39, 0.29) is 11.7 Å². The van der Waals surface area contributed by atoms with E-state index in [4.69, 9.17) is 5.73 Å². The third-order valence-corrected chi connectivity index (χ3v) is 3.92. The van der Waals surface area contributed by atoms with Gasteiger partial charge >= 0.3 is 0 Å². The largest absolute Gasteiger partial charge is 0.355 e. The van der Waals surface area contributed by atoms with Crippen LogP contribution in [0, 0.1) is 11.2 Å². The van der Waals surface area contributed by atoms with Crippen LogP contribution >= 0.6 is 0 Å². The number of rotatable bonds is 9. The zero-order valence-corrected chi connectivity index (χ0v) is 13.1. The Morgan fingerprint density at radius 3 is 2.48 bits per heavy atom. The number of benzene rings is 1. The molecule has 118 valence electrons. The normalized spacial score (nSPS) is 11.4. The van der Waals surface area contributed by atoms with Crippen molar-refractivity contribution in [2.24, 2.45) is 11.1 Å². The number of halogens is 1. The summed E-state index contributed by atoms with van der Waals surface area (Å²) in [5.74, 6) is -0.211. The van der Waals surface area contributed by atoms with E-state index in [1.807, 2.05) is 6.07 Å². The van der Waals surface area contributed by atoms with Crippen molar-refractivity contribution in [1.29, 1.82) is 0 Å². The minimum absolute atomic E-state index is 0.0325. The van der Waals surface area contributed by atoms with Gasteiger partial charge < -0.3 is 11.1 Å². The summed E-state index contributed by atoms with van der Waals surface area (Å²) in [6, 6.07) is 6.47. The van der Waals surface area contributed by atoms with Crippen LogP contribution in [0.15, 0.2) is 24.3 Å². The first-order valence-corrected chi connectivity index (χ1v) is 7.80. The van der Waals surface area contributed by atoms with Gasteiger partial charge in [-0.3, -0.25) is 4.79 Å². The molecule has 0 aliphatic carbocycles. The van der Waals surface area contributed by atoms with Crippen molar-refractivity contribution in [3.63, 3.8) is 0 Å². The predicted octanol–water partition coefficient (Wildman–Crippen LogP) is 3.03. The van der Waals surface area contributed by atoms with Crippen molar-refractivity contribution in [3.05, 3.63) is 35.6 Å². The van der Waals surface area contributed by atoms with E-state index in [1.54, 1.807) is 6.07 Å². The van der Waals surface area contributed by atoms with E-state index in [0.717, 1.165) is 31.2 Å². The number of hydrogen-bond donors (Lipinski definition) is 2. The highest BCUT2D eigenvalue weighted by Crippen LogP contribution is 2.29. The highest BCUT2D eigenvalue weighted by molar-refractivity contribution is 5.82. The van der Waals surface area contributed by atoms with Gasteiger partial charge in [-0.15, -0.1) is 0 Å². The Kier molecular flexibility index (Phi) is 7.37. The fourth-order valence-corrected chi connectivity index (χ4v) is 2.81. The quantitative estimate of drug-likeness (QED) is 0.735. The van der Waals surface area contributed by atoms with Gasteiger partial charge in [0, 0.05) is 13.1 Å². The standard InChI is InChI=1S/C17H27FN2O/c1-3-9-17(13-19,10-4-2)16(21)20-11-8-14-6-5-7-15(18)12-14/h5-7,12H,3-4,8-11,13,19H2,1-2H3,(H,20,21). The van der Waals surface area contributed by atoms with Gasteiger partial charge in [0.15, 0.2) is 0 Å². The van der Waals surface area contributed by atoms with Gasteiger partial charge in [0.1, 0.15) is 5.82 Å². The van der Waals surface area contributed by atoms with Gasteiger partial charge in [0.05, 0.1) is 5.41 Å². The molecule has 1 aromatic rings. The average molecular weight is 294 g/mol. The van der Waals surface area contributed by atoms with Crippen LogP contribution in [-0.4, -0.2) is 19.0 Å². The molecule has 0 radical (unpaired) electrons. The Balaban J connectivity index is 2.57. The number of carbonyl (C=O) groups is 1. The van der Waals surface area contributed by atoms with E-state index >= 15 is 0 Å². The van der Waals surface area contributed by atoms with Gasteiger partial charge in [-0.25, -0.2) is 4.39 Å². The van der Waals surface area contributed by atoms with Crippen molar-refractivity contribution in [3.8, 4) is 0 Å². The predicted molar refractivity (Wildman–Crippen MR) is 84.4 cm³/mol. The lowest BCUT2D eigenvalue weighted by molar-refractivity contribution is -0.131. The molecule has 1 aromatic carbocycles. The molecule has 3 N–H and O–H groups in total. The summed E-state index contributed by atoms with van der Waals surface area (Å²) >= 11 is 0. The summed E-state index contributed by atoms with van der Waals surface area (Å²) in [5.41, 5.74) is 6.31. The molecule has 0 unspecified atom stereocenters. The smallest absolute Gasteiger partial charge is 0.227 e. The maximum absolute atomic E-state index is 13.1. The lowest BCUT2D eigenvalue weighted by Gasteiger charge is -2.30. The molecule has 0 fully saturated rings. The van der Waals surface area contributed by atoms with Crippen LogP contribution in [-0.2, 0) is 11.2 Å². The van der Waals surface area contributed by atoms with Crippen LogP contribution in [0.2, 0.25) is 0 Å². The number of nitrogens with two attached hydrogens (primary N) is 1. The molecule has 1 amide bonds. The van der Waals surface area contributed by atoms with Crippen LogP contribution in [0.5, 0.6) is 0 Å². The van der Waals surface area contributed by atoms with Gasteiger partial charge in [-0.1, -0.05) is 38.8 Å². The third kappa shape index (κ3) is 5.12. The highest BCUT2D eigenvalue weighted by atomic mass is 19.1. The monoisotopic (exact) mass is 294 g/mol. The van der Waals surface area contributed by atoms with Crippen molar-refractivity contribution >= 4 is 5.91 Å². The number of amides is 1. The summed E-state index contributed by atoms with van der Waals surface area (Å²) in [5, 5.41) is 2.97. The van der Waals surface area contributed by atoms with Crippen molar-refractivity contribution in [2.45, 2.75) is 46.0 Å². The van der Waals surface area contributed by atoms with Crippen molar-refractivity contribution in [1.82, 2.24) is 5.32 Å². The SMILES string of the molecule is CCCC(CN)(CCC)C(=O)NCCc1cccc(F)c1. The van der Waals surface area contributed by atoms with Crippen LogP contribution < -0.4 is 11.1 Å². The maximum Gasteiger partial charge on any atom is 0.227 e. The van der Waals surface area contributed by atoms with E-state index in [2.05, 4.69) is 19.2 Å². The fraction of sp³-hybridized carbons (Fsp3) is 0.588. The Morgan fingerprint density at radius 2 is 1.95 bits per heavy atom. The lowest BCUT2D eigenvalue weighted by Crippen LogP contribution is -2.46. The molecule has 0 saturated heterocycles. The second-order valence-corrected chi connectivity index (χ2v) is 5.62. The maximum atomic E-state index is 13.1. The fourth-order valence-electron chi connectivity index (χ4n) is 2.81. The number of nitrogens with one attached hydrogen (secondary N) is 1. The van der Waals surface area contributed by atoms with Crippen molar-refractivity contribution < 1.29 is 9.18 Å². The lowest BCUT2D eigenvalue weighted by atomic mass is 9.78. The summed E-state index contributed by atoms with van der Waals surface area (Å²) in [6.45, 7) is 5.03. The molecule has 0 heterocycles. The molecule has 4 heteroatoms. The summed E-state index contributed by atoms with van der Waals surface area (Å²) in [4.78, 5) is 12.5. The Morgan fingerprint density at radius 1 is 1.29 bits per heavy atom. The molecule has 0 bridgehead atoms. The van der Waals surface area contributed by atoms with E-state index in [0.29, 0.717) is 19.5 Å². The Bertz CT molecular complexity index is 442. The van der Waals surface area contributed by atoms with Crippen LogP contribution in [0.3, 0.4) is 0 Å². The molecular weight excluding hydrogens is 267 g/mol. The minimum Gasteiger partial charge on any atom is -0.355 e. The van der Waals surface area contributed by atoms with Gasteiger partial charge in [0.25, 0.3) is 0 Å². The molecule has 1 rings (SSSR count). The topological polar surface area (TPSA) is 55.1 Å². The first-order valence-electron chi connectivity index (χ1n) is 7.80. The third-order valence-electron chi connectivity index (χ3n) is 3.92. The molecule has 0 saturated carbocycles. The van der Waals surface area contributed by atoms with Crippen LogP contribution in [0.4, 0.5) is 4.39 Å². The zero-order chi connectivity index (χ0) is 15.7. The van der Waals surface area contributed by atoms with Crippen LogP contribution in [0.25, 0.3) is 0 Å². The van der Waals surface area contributed by atoms with E-state index in [1.165, 1.54) is 12.1 Å². The Hall–Kier alpha value is -1.42. The summed E-state index contributed by atoms with van der Waals surface area (Å²) in [7, 11) is 0. The molecule has 0 aliphatic heterocycles. The number of carbonyl (C=O) groups excluding carboxylic acids is 1. The van der Waals surface area contributed by atoms with Crippen LogP contribution in [0.1, 0.15) is 45.1 Å². The van der Waals surface area contributed by atoms with Crippen molar-refractivity contribution in [2.75, 3.05) is 13.1 Å². The van der Waals surface area contributed by atoms with Gasteiger partial charge in [-0.2, -0.15) is 0 Å². The Labute approximate surface area is 127 Å². The molecule has 0 aliphatic rings. The molecule has 3 nitrogen and oxygen atoms in total. The number of hydrogen-bond acceptors (Lipinski definition) is 2. The second kappa shape index (κ2) is 8.78. The molecule has 0 spiro atoms. The van der Waals surface area contributed by atoms with Gasteiger partial charge in [0.2, 0.25) is 5.91 Å². The minimum atomic E-state index is -0.453. The zero-order valence-electron chi connectivity index (χ0n) is 13.1. The second-order valence-electron chi connectivity index (χ2n) is 5.62. The summed E-state index contributed by atoms with van der Waals surface area (Å²) < 4.78 is 13.1. The molecule has 0 aromatic heterocycles. The molecular formula is C17H27FN2O. The first-order chi connectivity index (χ1) is 10.1. The molecule has 0 atom stereocenters. The van der Waals surface area contributed by atoms with E-state index < -0.39 is 5.41 Å². The average Bonchev–Trinajstić information content (AvgIpc) is 2.47. The highest BCUT2D eigenvalue weighted by Gasteiger charge is 2.34. The first kappa shape index (κ1) is 17.6. The van der Waals surface area contributed by atoms with E-state index in [9.17, 15) is 9.18 Å².